The van der Waals surface area contributed by atoms with Crippen molar-refractivity contribution >= 4 is 0 Å². The largest absolute Gasteiger partial charge is 0.463 e. The Kier molecular flexibility index (Phi) is 2.95. The Morgan fingerprint density at radius 1 is 1.24 bits per heavy atom. The number of alkyl halides is 1. The highest BCUT2D eigenvalue weighted by Crippen LogP contribution is 2.60. The summed E-state index contributed by atoms with van der Waals surface area (Å²) in [5, 5.41) is 0. The molecule has 4 nitrogen and oxygen atoms in total. The van der Waals surface area contributed by atoms with Crippen LogP contribution in [0.25, 0.3) is 0 Å². The zero-order valence-corrected chi connectivity index (χ0v) is 12.9. The van der Waals surface area contributed by atoms with E-state index in [-0.39, 0.29) is 5.92 Å². The molecule has 4 fully saturated rings. The number of halogens is 1. The normalized spacial score (nSPS) is 52.2. The van der Waals surface area contributed by atoms with Gasteiger partial charge in [0, 0.05) is 18.3 Å². The fraction of sp³-hybridized carbons (Fsp3) is 0.875. The van der Waals surface area contributed by atoms with Crippen molar-refractivity contribution < 1.29 is 23.6 Å². The Bertz CT molecular complexity index is 493. The lowest BCUT2D eigenvalue weighted by Crippen LogP contribution is -2.66. The highest BCUT2D eigenvalue weighted by atomic mass is 19.1. The summed E-state index contributed by atoms with van der Waals surface area (Å²) in [6, 6.07) is 0. The maximum atomic E-state index is 13.3. The van der Waals surface area contributed by atoms with Gasteiger partial charge in [0.1, 0.15) is 12.4 Å². The molecule has 5 aliphatic rings. The number of fused-ring (bicyclic) bond motifs is 2. The van der Waals surface area contributed by atoms with Gasteiger partial charge in [-0.25, -0.2) is 14.2 Å². The summed E-state index contributed by atoms with van der Waals surface area (Å²) in [5.74, 6) is 0.598. The third-order valence-electron chi connectivity index (χ3n) is 6.05. The Hall–Kier alpha value is -0.650. The highest BCUT2D eigenvalue weighted by molar-refractivity contribution is 5.24. The lowest BCUT2D eigenvalue weighted by Gasteiger charge is -2.57. The molecule has 1 aliphatic carbocycles. The maximum absolute atomic E-state index is 13.3. The van der Waals surface area contributed by atoms with Crippen molar-refractivity contribution in [3.63, 3.8) is 0 Å². The molecule has 3 saturated heterocycles. The van der Waals surface area contributed by atoms with Gasteiger partial charge in [-0.15, -0.1) is 0 Å². The topological polar surface area (TPSA) is 36.9 Å². The smallest absolute Gasteiger partial charge is 0.235 e. The van der Waals surface area contributed by atoms with E-state index in [1.54, 1.807) is 0 Å². The summed E-state index contributed by atoms with van der Waals surface area (Å²) in [6.07, 6.45) is 3.30. The molecule has 118 valence electrons. The molecule has 4 aliphatic heterocycles. The van der Waals surface area contributed by atoms with Gasteiger partial charge in [-0.05, 0) is 44.6 Å². The molecule has 2 bridgehead atoms. The molecule has 1 saturated carbocycles. The van der Waals surface area contributed by atoms with Crippen LogP contribution in [0.15, 0.2) is 11.3 Å². The Morgan fingerprint density at radius 2 is 2.05 bits per heavy atom. The highest BCUT2D eigenvalue weighted by Gasteiger charge is 2.68. The van der Waals surface area contributed by atoms with Gasteiger partial charge in [0.25, 0.3) is 0 Å². The minimum atomic E-state index is -0.788. The van der Waals surface area contributed by atoms with E-state index in [0.717, 1.165) is 31.3 Å². The zero-order valence-electron chi connectivity index (χ0n) is 12.9. The van der Waals surface area contributed by atoms with Crippen molar-refractivity contribution in [3.05, 3.63) is 11.3 Å². The van der Waals surface area contributed by atoms with Crippen LogP contribution in [0.2, 0.25) is 0 Å². The van der Waals surface area contributed by atoms with Gasteiger partial charge in [0.05, 0.1) is 0 Å². The zero-order chi connectivity index (χ0) is 14.8. The lowest BCUT2D eigenvalue weighted by molar-refractivity contribution is -0.556. The summed E-state index contributed by atoms with van der Waals surface area (Å²) >= 11 is 0. The van der Waals surface area contributed by atoms with Crippen LogP contribution in [-0.4, -0.2) is 24.4 Å². The Balaban J connectivity index is 1.86. The predicted molar refractivity (Wildman–Crippen MR) is 72.6 cm³/mol. The van der Waals surface area contributed by atoms with Gasteiger partial charge in [-0.1, -0.05) is 6.92 Å². The van der Waals surface area contributed by atoms with E-state index in [4.69, 9.17) is 19.2 Å². The molecule has 21 heavy (non-hydrogen) atoms. The van der Waals surface area contributed by atoms with Gasteiger partial charge < -0.3 is 9.47 Å². The molecule has 0 aromatic carbocycles. The third-order valence-corrected chi connectivity index (χ3v) is 6.05. The van der Waals surface area contributed by atoms with E-state index in [9.17, 15) is 4.39 Å². The Morgan fingerprint density at radius 3 is 2.81 bits per heavy atom. The maximum Gasteiger partial charge on any atom is 0.235 e. The second kappa shape index (κ2) is 4.43. The molecule has 5 heteroatoms. The fourth-order valence-corrected chi connectivity index (χ4v) is 4.81. The first-order valence-electron chi connectivity index (χ1n) is 7.97. The van der Waals surface area contributed by atoms with Crippen molar-refractivity contribution in [1.82, 2.24) is 0 Å². The van der Waals surface area contributed by atoms with Crippen LogP contribution in [0.3, 0.4) is 0 Å². The van der Waals surface area contributed by atoms with Gasteiger partial charge in [-0.3, -0.25) is 0 Å². The first-order valence-corrected chi connectivity index (χ1v) is 7.97. The molecule has 1 spiro atoms. The van der Waals surface area contributed by atoms with Crippen molar-refractivity contribution in [2.75, 3.05) is 6.67 Å². The first-order chi connectivity index (χ1) is 10.00. The van der Waals surface area contributed by atoms with Gasteiger partial charge in [0.15, 0.2) is 5.60 Å². The molecule has 6 atom stereocenters. The van der Waals surface area contributed by atoms with E-state index in [1.807, 2.05) is 13.8 Å². The van der Waals surface area contributed by atoms with Gasteiger partial charge in [0.2, 0.25) is 12.1 Å². The number of ether oxygens (including phenoxy) is 2. The number of rotatable bonds is 1. The predicted octanol–water partition coefficient (Wildman–Crippen LogP) is 3.48. The summed E-state index contributed by atoms with van der Waals surface area (Å²) in [7, 11) is 0. The molecule has 0 radical (unpaired) electrons. The van der Waals surface area contributed by atoms with E-state index < -0.39 is 24.4 Å². The van der Waals surface area contributed by atoms with Crippen LogP contribution in [0, 0.1) is 17.8 Å². The summed E-state index contributed by atoms with van der Waals surface area (Å²) in [4.78, 5) is 11.6. The average molecular weight is 298 g/mol. The van der Waals surface area contributed by atoms with Crippen LogP contribution in [0.5, 0.6) is 0 Å². The SMILES string of the molecule is CC1=C(CF)O[C@@H]2O[C@]3(C)CCC4[C@H](C)CC[C@@H]1[C@]42OO3. The van der Waals surface area contributed by atoms with Crippen molar-refractivity contribution in [2.24, 2.45) is 17.8 Å². The molecule has 0 aromatic heterocycles. The van der Waals surface area contributed by atoms with Gasteiger partial charge >= 0.3 is 0 Å². The van der Waals surface area contributed by atoms with E-state index in [1.165, 1.54) is 0 Å². The first kappa shape index (κ1) is 14.0. The minimum absolute atomic E-state index is 0.117. The molecule has 4 heterocycles. The van der Waals surface area contributed by atoms with Crippen LogP contribution >= 0.6 is 0 Å². The summed E-state index contributed by atoms with van der Waals surface area (Å²) in [6.45, 7) is 5.51. The monoisotopic (exact) mass is 298 g/mol. The average Bonchev–Trinajstić information content (AvgIpc) is 2.69. The van der Waals surface area contributed by atoms with Crippen LogP contribution in [0.1, 0.15) is 46.5 Å². The number of hydrogen-bond donors (Lipinski definition) is 0. The third kappa shape index (κ3) is 1.71. The van der Waals surface area contributed by atoms with Gasteiger partial charge in [-0.2, -0.15) is 0 Å². The molecular weight excluding hydrogens is 275 g/mol. The van der Waals surface area contributed by atoms with Crippen molar-refractivity contribution in [2.45, 2.75) is 64.1 Å². The van der Waals surface area contributed by atoms with Crippen LogP contribution in [0.4, 0.5) is 4.39 Å². The van der Waals surface area contributed by atoms with E-state index in [0.29, 0.717) is 17.6 Å². The molecular formula is C16H23FO4. The molecule has 0 N–H and O–H groups in total. The number of hydrogen-bond acceptors (Lipinski definition) is 4. The lowest BCUT2D eigenvalue weighted by atomic mass is 9.59. The van der Waals surface area contributed by atoms with Crippen molar-refractivity contribution in [3.8, 4) is 0 Å². The van der Waals surface area contributed by atoms with Crippen LogP contribution < -0.4 is 0 Å². The van der Waals surface area contributed by atoms with Crippen LogP contribution in [-0.2, 0) is 19.2 Å². The van der Waals surface area contributed by atoms with E-state index in [2.05, 4.69) is 6.92 Å². The summed E-state index contributed by atoms with van der Waals surface area (Å²) < 4.78 is 25.3. The minimum Gasteiger partial charge on any atom is -0.463 e. The fourth-order valence-electron chi connectivity index (χ4n) is 4.81. The Labute approximate surface area is 124 Å². The quantitative estimate of drug-likeness (QED) is 0.695. The molecule has 0 amide bonds. The summed E-state index contributed by atoms with van der Waals surface area (Å²) in [5.41, 5.74) is 0.347. The molecule has 0 aromatic rings. The van der Waals surface area contributed by atoms with E-state index >= 15 is 0 Å². The second-order valence-electron chi connectivity index (χ2n) is 7.21. The number of allylic oxidation sites excluding steroid dienone is 1. The van der Waals surface area contributed by atoms with Crippen molar-refractivity contribution in [1.29, 1.82) is 0 Å². The molecule has 1 unspecified atom stereocenters. The standard InChI is InChI=1S/C16H23FO4/c1-9-4-5-12-10(2)13(8-17)18-14-16(12)11(9)6-7-15(3,19-14)20-21-16/h9,11-12,14H,4-8H2,1-3H3/t9-,11?,12+,14-,15+,16-/m1/s1. The molecule has 5 rings (SSSR count). The second-order valence-corrected chi connectivity index (χ2v) is 7.21.